The van der Waals surface area contributed by atoms with Gasteiger partial charge in [0, 0.05) is 50.3 Å². The van der Waals surface area contributed by atoms with Crippen LogP contribution in [0.25, 0.3) is 0 Å². The molecule has 1 saturated heterocycles. The Morgan fingerprint density at radius 1 is 1.18 bits per heavy atom. The van der Waals surface area contributed by atoms with Gasteiger partial charge >= 0.3 is 0 Å². The van der Waals surface area contributed by atoms with E-state index in [1.807, 2.05) is 6.07 Å². The zero-order valence-corrected chi connectivity index (χ0v) is 18.4. The number of rotatable bonds is 5. The average molecular weight is 448 g/mol. The molecule has 33 heavy (non-hydrogen) atoms. The summed E-state index contributed by atoms with van der Waals surface area (Å²) in [6, 6.07) is 12.3. The predicted molar refractivity (Wildman–Crippen MR) is 124 cm³/mol. The largest absolute Gasteiger partial charge is 0.497 e. The van der Waals surface area contributed by atoms with Crippen LogP contribution in [-0.2, 0) is 17.8 Å². The molecule has 1 N–H and O–H groups in total. The highest BCUT2D eigenvalue weighted by molar-refractivity contribution is 5.82. The quantitative estimate of drug-likeness (QED) is 0.649. The molecule has 0 unspecified atom stereocenters. The summed E-state index contributed by atoms with van der Waals surface area (Å²) in [5, 5.41) is 3.07. The van der Waals surface area contributed by atoms with Crippen LogP contribution in [0.3, 0.4) is 0 Å². The van der Waals surface area contributed by atoms with E-state index >= 15 is 0 Å². The Morgan fingerprint density at radius 3 is 2.79 bits per heavy atom. The topological polar surface area (TPSA) is 70.6 Å². The summed E-state index contributed by atoms with van der Waals surface area (Å²) >= 11 is 0. The van der Waals surface area contributed by atoms with Crippen molar-refractivity contribution in [3.63, 3.8) is 0 Å². The highest BCUT2D eigenvalue weighted by Crippen LogP contribution is 2.38. The molecule has 1 aromatic heterocycles. The number of carbonyl (C=O) groups is 1. The number of halogens is 1. The molecule has 5 rings (SSSR count). The number of piperazine rings is 1. The van der Waals surface area contributed by atoms with Gasteiger partial charge in [0.15, 0.2) is 0 Å². The maximum absolute atomic E-state index is 13.4. The molecule has 0 radical (unpaired) electrons. The first-order valence-electron chi connectivity index (χ1n) is 11.1. The number of aromatic nitrogens is 2. The van der Waals surface area contributed by atoms with Gasteiger partial charge in [-0.25, -0.2) is 9.37 Å². The van der Waals surface area contributed by atoms with E-state index in [-0.39, 0.29) is 23.7 Å². The van der Waals surface area contributed by atoms with Gasteiger partial charge in [-0.3, -0.25) is 9.78 Å². The van der Waals surface area contributed by atoms with Crippen molar-refractivity contribution < 1.29 is 13.9 Å². The zero-order valence-electron chi connectivity index (χ0n) is 18.4. The summed E-state index contributed by atoms with van der Waals surface area (Å²) in [6.45, 7) is 2.59. The van der Waals surface area contributed by atoms with E-state index in [0.717, 1.165) is 41.5 Å². The summed E-state index contributed by atoms with van der Waals surface area (Å²) in [5.74, 6) is 1.11. The molecular weight excluding hydrogens is 421 g/mol. The SMILES string of the molecule is COc1ccc2c(c1)N1CCN(c3cnccn3)C[C@@H]1[C@@H](C(=O)NCc1ccc(F)cc1)C2. The summed E-state index contributed by atoms with van der Waals surface area (Å²) < 4.78 is 18.7. The maximum Gasteiger partial charge on any atom is 0.225 e. The Labute approximate surface area is 192 Å². The van der Waals surface area contributed by atoms with Crippen LogP contribution in [-0.4, -0.2) is 48.7 Å². The van der Waals surface area contributed by atoms with E-state index < -0.39 is 0 Å². The first-order chi connectivity index (χ1) is 16.1. The number of nitrogens with one attached hydrogen (secondary N) is 1. The predicted octanol–water partition coefficient (Wildman–Crippen LogP) is 2.81. The van der Waals surface area contributed by atoms with Crippen LogP contribution in [0.1, 0.15) is 11.1 Å². The third-order valence-corrected chi connectivity index (χ3v) is 6.52. The molecule has 1 fully saturated rings. The number of carbonyl (C=O) groups excluding carboxylic acids is 1. The van der Waals surface area contributed by atoms with E-state index in [1.165, 1.54) is 12.1 Å². The minimum absolute atomic E-state index is 0.00297. The smallest absolute Gasteiger partial charge is 0.225 e. The Hall–Kier alpha value is -3.68. The number of amides is 1. The second-order valence-corrected chi connectivity index (χ2v) is 8.42. The summed E-state index contributed by atoms with van der Waals surface area (Å²) in [6.07, 6.45) is 5.76. The van der Waals surface area contributed by atoms with Crippen molar-refractivity contribution >= 4 is 17.4 Å². The number of benzene rings is 2. The number of hydrogen-bond donors (Lipinski definition) is 1. The third-order valence-electron chi connectivity index (χ3n) is 6.52. The minimum Gasteiger partial charge on any atom is -0.497 e. The van der Waals surface area contributed by atoms with Crippen LogP contribution in [0, 0.1) is 11.7 Å². The zero-order chi connectivity index (χ0) is 22.8. The van der Waals surface area contributed by atoms with Gasteiger partial charge in [-0.2, -0.15) is 0 Å². The first kappa shape index (κ1) is 21.2. The monoisotopic (exact) mass is 447 g/mol. The summed E-state index contributed by atoms with van der Waals surface area (Å²) in [4.78, 5) is 26.6. The number of methoxy groups -OCH3 is 1. The normalized spacial score (nSPS) is 19.5. The molecule has 2 aliphatic rings. The number of hydrogen-bond acceptors (Lipinski definition) is 6. The Kier molecular flexibility index (Phi) is 5.81. The molecule has 0 saturated carbocycles. The molecule has 0 bridgehead atoms. The fourth-order valence-electron chi connectivity index (χ4n) is 4.79. The molecule has 1 amide bonds. The van der Waals surface area contributed by atoms with Crippen LogP contribution in [0.4, 0.5) is 15.9 Å². The van der Waals surface area contributed by atoms with Crippen LogP contribution < -0.4 is 19.9 Å². The van der Waals surface area contributed by atoms with Gasteiger partial charge in [0.25, 0.3) is 0 Å². The molecule has 7 nitrogen and oxygen atoms in total. The van der Waals surface area contributed by atoms with Crippen molar-refractivity contribution in [1.82, 2.24) is 15.3 Å². The van der Waals surface area contributed by atoms with Gasteiger partial charge in [-0.1, -0.05) is 18.2 Å². The molecule has 2 aliphatic heterocycles. The van der Waals surface area contributed by atoms with Gasteiger partial charge in [0.1, 0.15) is 17.4 Å². The van der Waals surface area contributed by atoms with E-state index in [4.69, 9.17) is 4.74 Å². The molecule has 170 valence electrons. The number of nitrogens with zero attached hydrogens (tertiary/aromatic N) is 4. The lowest BCUT2D eigenvalue weighted by molar-refractivity contribution is -0.126. The maximum atomic E-state index is 13.4. The number of fused-ring (bicyclic) bond motifs is 3. The molecule has 0 spiro atoms. The van der Waals surface area contributed by atoms with Crippen molar-refractivity contribution in [3.05, 3.63) is 78.0 Å². The second-order valence-electron chi connectivity index (χ2n) is 8.42. The van der Waals surface area contributed by atoms with Crippen LogP contribution in [0.15, 0.2) is 61.1 Å². The van der Waals surface area contributed by atoms with Crippen molar-refractivity contribution in [2.45, 2.75) is 19.0 Å². The number of anilines is 2. The van der Waals surface area contributed by atoms with Gasteiger partial charge < -0.3 is 19.9 Å². The fourth-order valence-corrected chi connectivity index (χ4v) is 4.79. The lowest BCUT2D eigenvalue weighted by atomic mass is 9.83. The van der Waals surface area contributed by atoms with Gasteiger partial charge in [0.2, 0.25) is 5.91 Å². The van der Waals surface area contributed by atoms with Crippen LogP contribution in [0.2, 0.25) is 0 Å². The van der Waals surface area contributed by atoms with E-state index in [0.29, 0.717) is 19.5 Å². The Morgan fingerprint density at radius 2 is 2.03 bits per heavy atom. The van der Waals surface area contributed by atoms with Crippen molar-refractivity contribution in [2.75, 3.05) is 36.5 Å². The Bertz CT molecular complexity index is 1130. The lowest BCUT2D eigenvalue weighted by Gasteiger charge is -2.49. The van der Waals surface area contributed by atoms with E-state index in [9.17, 15) is 9.18 Å². The molecule has 8 heteroatoms. The molecule has 3 heterocycles. The standard InChI is InChI=1S/C25H26FN5O2/c1-33-20-7-4-18-12-21(25(32)29-14-17-2-5-19(26)6-3-17)23-16-30(24-15-27-8-9-28-24)10-11-31(23)22(18)13-20/h2-9,13,15,21,23H,10-12,14,16H2,1H3,(H,29,32)/t21-,23+/m0/s1. The average Bonchev–Trinajstić information content (AvgIpc) is 2.87. The minimum atomic E-state index is -0.286. The van der Waals surface area contributed by atoms with Crippen molar-refractivity contribution in [1.29, 1.82) is 0 Å². The van der Waals surface area contributed by atoms with Crippen molar-refractivity contribution in [3.8, 4) is 5.75 Å². The second kappa shape index (κ2) is 9.05. The summed E-state index contributed by atoms with van der Waals surface area (Å²) in [7, 11) is 1.67. The molecular formula is C25H26FN5O2. The highest BCUT2D eigenvalue weighted by atomic mass is 19.1. The van der Waals surface area contributed by atoms with E-state index in [1.54, 1.807) is 37.8 Å². The van der Waals surface area contributed by atoms with Crippen LogP contribution >= 0.6 is 0 Å². The first-order valence-corrected chi connectivity index (χ1v) is 11.1. The lowest BCUT2D eigenvalue weighted by Crippen LogP contribution is -2.61. The van der Waals surface area contributed by atoms with Crippen molar-refractivity contribution in [2.24, 2.45) is 5.92 Å². The highest BCUT2D eigenvalue weighted by Gasteiger charge is 2.42. The van der Waals surface area contributed by atoms with E-state index in [2.05, 4.69) is 37.2 Å². The van der Waals surface area contributed by atoms with Gasteiger partial charge in [-0.05, 0) is 35.7 Å². The fraction of sp³-hybridized carbons (Fsp3) is 0.320. The third kappa shape index (κ3) is 4.33. The molecule has 3 aromatic rings. The molecule has 2 aromatic carbocycles. The van der Waals surface area contributed by atoms with Gasteiger partial charge in [-0.15, -0.1) is 0 Å². The Balaban J connectivity index is 1.41. The van der Waals surface area contributed by atoms with Gasteiger partial charge in [0.05, 0.1) is 25.3 Å². The number of ether oxygens (including phenoxy) is 1. The molecule has 2 atom stereocenters. The summed E-state index contributed by atoms with van der Waals surface area (Å²) in [5.41, 5.74) is 3.13. The molecule has 0 aliphatic carbocycles. The van der Waals surface area contributed by atoms with Crippen LogP contribution in [0.5, 0.6) is 5.75 Å².